The highest BCUT2D eigenvalue weighted by atomic mass is 19.3. The number of piperazine rings is 1. The number of ether oxygens (including phenoxy) is 1. The number of nitrogens with zero attached hydrogens (tertiary/aromatic N) is 6. The molecule has 6 rings (SSSR count). The SMILES string of the molecule is C=CCC(CNC)c1[nH]nc(-c2ccc(F)cc2)c1C.CC.CC1(OC(F)F)CCN(CC(=O)N2CCN(c3ccc(-c4ncccn4)cc3)CC2)C1.CC=O. The van der Waals surface area contributed by atoms with E-state index in [0.29, 0.717) is 44.3 Å². The van der Waals surface area contributed by atoms with Crippen molar-refractivity contribution in [1.29, 1.82) is 0 Å². The van der Waals surface area contributed by atoms with Crippen molar-refractivity contribution in [3.05, 3.63) is 96.7 Å². The molecule has 2 saturated heterocycles. The fourth-order valence-electron chi connectivity index (χ4n) is 6.70. The molecular weight excluding hydrogens is 722 g/mol. The zero-order chi connectivity index (χ0) is 41.1. The summed E-state index contributed by atoms with van der Waals surface area (Å²) in [5.41, 5.74) is 5.21. The predicted molar refractivity (Wildman–Crippen MR) is 216 cm³/mol. The van der Waals surface area contributed by atoms with Gasteiger partial charge in [-0.1, -0.05) is 19.9 Å². The zero-order valence-electron chi connectivity index (χ0n) is 33.5. The third-order valence-electron chi connectivity index (χ3n) is 9.41. The summed E-state index contributed by atoms with van der Waals surface area (Å²) in [6.07, 6.45) is 7.50. The van der Waals surface area contributed by atoms with Crippen molar-refractivity contribution in [2.45, 2.75) is 65.6 Å². The van der Waals surface area contributed by atoms with Crippen LogP contribution in [-0.4, -0.2) is 114 Å². The molecule has 0 bridgehead atoms. The molecule has 2 unspecified atom stereocenters. The molecule has 2 N–H and O–H groups in total. The molecule has 56 heavy (non-hydrogen) atoms. The summed E-state index contributed by atoms with van der Waals surface area (Å²) in [4.78, 5) is 36.0. The number of hydrogen-bond acceptors (Lipinski definition) is 9. The molecule has 2 aromatic heterocycles. The summed E-state index contributed by atoms with van der Waals surface area (Å²) in [6.45, 7) is 15.0. The number of carbonyl (C=O) groups excluding carboxylic acids is 2. The molecule has 2 fully saturated rings. The van der Waals surface area contributed by atoms with Gasteiger partial charge in [0.2, 0.25) is 5.91 Å². The summed E-state index contributed by atoms with van der Waals surface area (Å²) in [6, 6.07) is 16.3. The van der Waals surface area contributed by atoms with Crippen LogP contribution in [0.25, 0.3) is 22.6 Å². The van der Waals surface area contributed by atoms with Crippen LogP contribution in [0.3, 0.4) is 0 Å². The van der Waals surface area contributed by atoms with Crippen molar-refractivity contribution in [2.75, 3.05) is 64.3 Å². The van der Waals surface area contributed by atoms with E-state index in [0.717, 1.165) is 66.1 Å². The summed E-state index contributed by atoms with van der Waals surface area (Å²) in [5.74, 6) is 0.819. The third kappa shape index (κ3) is 13.4. The van der Waals surface area contributed by atoms with Gasteiger partial charge in [0.05, 0.1) is 17.8 Å². The number of carbonyl (C=O) groups is 2. The van der Waals surface area contributed by atoms with Gasteiger partial charge in [-0.15, -0.1) is 6.58 Å². The lowest BCUT2D eigenvalue weighted by molar-refractivity contribution is -0.197. The van der Waals surface area contributed by atoms with Crippen molar-refractivity contribution in [3.8, 4) is 22.6 Å². The lowest BCUT2D eigenvalue weighted by Crippen LogP contribution is -2.51. The number of allylic oxidation sites excluding steroid dienone is 1. The Morgan fingerprint density at radius 2 is 1.62 bits per heavy atom. The second-order valence-electron chi connectivity index (χ2n) is 13.4. The van der Waals surface area contributed by atoms with E-state index in [9.17, 15) is 18.0 Å². The summed E-state index contributed by atoms with van der Waals surface area (Å²) in [7, 11) is 1.93. The number of aldehydes is 1. The maximum absolute atomic E-state index is 13.0. The molecule has 0 saturated carbocycles. The average molecular weight is 779 g/mol. The number of nitrogens with one attached hydrogen (secondary N) is 2. The standard InChI is InChI=1S/C22H27F2N5O2.C16H20FN3.C2H4O.C2H6/c1-22(31-21(23)24)7-10-27(16-22)15-19(30)29-13-11-28(12-14-29)18-5-3-17(4-6-18)20-25-8-2-9-26-20;1-4-5-13(10-18-3)16-11(2)15(19-20-16)12-6-8-14(17)9-7-12;1-2-3;1-2/h2-6,8-9,21H,7,10-16H2,1H3;4,6-9,13,18H,1,5,10H2,2-3H3,(H,19,20);2H,1H3;1-2H3. The van der Waals surface area contributed by atoms with Gasteiger partial charge in [-0.25, -0.2) is 14.4 Å². The number of alkyl halides is 2. The topological polar surface area (TPSA) is 120 Å². The van der Waals surface area contributed by atoms with Gasteiger partial charge in [-0.2, -0.15) is 13.9 Å². The minimum absolute atomic E-state index is 0.0394. The molecule has 304 valence electrons. The fraction of sp³-hybridized carbons (Fsp3) is 0.452. The third-order valence-corrected chi connectivity index (χ3v) is 9.41. The summed E-state index contributed by atoms with van der Waals surface area (Å²) in [5, 5.41) is 10.7. The first-order chi connectivity index (χ1) is 27.0. The maximum Gasteiger partial charge on any atom is 0.345 e. The molecule has 4 heterocycles. The summed E-state index contributed by atoms with van der Waals surface area (Å²) >= 11 is 0. The van der Waals surface area contributed by atoms with E-state index < -0.39 is 12.2 Å². The number of likely N-dealkylation sites (N-methyl/N-ethyl adjacent to an activating group) is 1. The molecule has 4 aromatic rings. The number of H-pyrrole nitrogens is 1. The molecule has 1 amide bonds. The normalized spacial score (nSPS) is 17.1. The lowest BCUT2D eigenvalue weighted by Gasteiger charge is -2.37. The Balaban J connectivity index is 0.000000290. The molecule has 14 heteroatoms. The van der Waals surface area contributed by atoms with Crippen LogP contribution in [-0.2, 0) is 14.3 Å². The number of benzene rings is 2. The highest BCUT2D eigenvalue weighted by molar-refractivity contribution is 5.78. The first kappa shape index (κ1) is 45.5. The number of aromatic nitrogens is 4. The molecule has 11 nitrogen and oxygen atoms in total. The van der Waals surface area contributed by atoms with Gasteiger partial charge in [-0.3, -0.25) is 14.8 Å². The first-order valence-electron chi connectivity index (χ1n) is 19.0. The number of rotatable bonds is 12. The highest BCUT2D eigenvalue weighted by Crippen LogP contribution is 2.30. The predicted octanol–water partition coefficient (Wildman–Crippen LogP) is 7.13. The molecule has 0 spiro atoms. The molecule has 2 aliphatic rings. The Bertz CT molecular complexity index is 1750. The van der Waals surface area contributed by atoms with Crippen molar-refractivity contribution >= 4 is 17.9 Å². The molecule has 2 aromatic carbocycles. The van der Waals surface area contributed by atoms with Crippen LogP contribution in [0.15, 0.2) is 79.6 Å². The van der Waals surface area contributed by atoms with E-state index in [1.807, 2.05) is 55.8 Å². The second kappa shape index (κ2) is 23.2. The zero-order valence-corrected chi connectivity index (χ0v) is 33.5. The van der Waals surface area contributed by atoms with Gasteiger partial charge < -0.3 is 24.6 Å². The quantitative estimate of drug-likeness (QED) is 0.114. The Morgan fingerprint density at radius 1 is 1.02 bits per heavy atom. The van der Waals surface area contributed by atoms with Crippen LogP contribution in [0.5, 0.6) is 0 Å². The average Bonchev–Trinajstić information content (AvgIpc) is 3.77. The smallest absolute Gasteiger partial charge is 0.345 e. The lowest BCUT2D eigenvalue weighted by atomic mass is 9.96. The Labute approximate surface area is 329 Å². The van der Waals surface area contributed by atoms with Crippen molar-refractivity contribution < 1.29 is 27.5 Å². The molecule has 0 aliphatic carbocycles. The van der Waals surface area contributed by atoms with Gasteiger partial charge >= 0.3 is 6.61 Å². The molecule has 2 atom stereocenters. The number of amides is 1. The molecule has 0 radical (unpaired) electrons. The van der Waals surface area contributed by atoms with E-state index in [-0.39, 0.29) is 18.3 Å². The Kier molecular flexibility index (Phi) is 18.9. The number of anilines is 1. The number of hydrogen-bond donors (Lipinski definition) is 2. The van der Waals surface area contributed by atoms with Gasteiger partial charge in [0, 0.05) is 86.6 Å². The van der Waals surface area contributed by atoms with E-state index >= 15 is 0 Å². The van der Waals surface area contributed by atoms with E-state index in [1.165, 1.54) is 19.1 Å². The monoisotopic (exact) mass is 778 g/mol. The van der Waals surface area contributed by atoms with E-state index in [1.54, 1.807) is 37.5 Å². The Morgan fingerprint density at radius 3 is 2.20 bits per heavy atom. The van der Waals surface area contributed by atoms with Crippen LogP contribution >= 0.6 is 0 Å². The second-order valence-corrected chi connectivity index (χ2v) is 13.4. The van der Waals surface area contributed by atoms with Crippen LogP contribution in [0.4, 0.5) is 18.9 Å². The first-order valence-corrected chi connectivity index (χ1v) is 19.0. The van der Waals surface area contributed by atoms with Gasteiger partial charge in [0.15, 0.2) is 5.82 Å². The molecule has 2 aliphatic heterocycles. The van der Waals surface area contributed by atoms with Gasteiger partial charge in [0.25, 0.3) is 0 Å². The summed E-state index contributed by atoms with van der Waals surface area (Å²) < 4.78 is 42.9. The molecular formula is C42H57F3N8O3. The largest absolute Gasteiger partial charge is 0.368 e. The van der Waals surface area contributed by atoms with E-state index in [4.69, 9.17) is 9.53 Å². The number of halogens is 3. The fourth-order valence-corrected chi connectivity index (χ4v) is 6.70. The Hall–Kier alpha value is -4.92. The van der Waals surface area contributed by atoms with E-state index in [2.05, 4.69) is 49.1 Å². The number of aromatic amines is 1. The van der Waals surface area contributed by atoms with Gasteiger partial charge in [-0.05, 0) is 101 Å². The van der Waals surface area contributed by atoms with Gasteiger partial charge in [0.1, 0.15) is 12.1 Å². The highest BCUT2D eigenvalue weighted by Gasteiger charge is 2.38. The maximum atomic E-state index is 13.0. The van der Waals surface area contributed by atoms with Crippen molar-refractivity contribution in [1.82, 2.24) is 35.3 Å². The minimum Gasteiger partial charge on any atom is -0.368 e. The van der Waals surface area contributed by atoms with Crippen molar-refractivity contribution in [3.63, 3.8) is 0 Å². The van der Waals surface area contributed by atoms with Crippen molar-refractivity contribution in [2.24, 2.45) is 0 Å². The van der Waals surface area contributed by atoms with Crippen LogP contribution < -0.4 is 10.2 Å². The van der Waals surface area contributed by atoms with Crippen LogP contribution in [0.2, 0.25) is 0 Å². The van der Waals surface area contributed by atoms with Crippen LogP contribution in [0, 0.1) is 12.7 Å². The number of likely N-dealkylation sites (tertiary alicyclic amines) is 1. The van der Waals surface area contributed by atoms with Crippen LogP contribution in [0.1, 0.15) is 57.7 Å². The minimum atomic E-state index is -2.79.